The first-order chi connectivity index (χ1) is 15.0. The summed E-state index contributed by atoms with van der Waals surface area (Å²) in [6, 6.07) is 0. The van der Waals surface area contributed by atoms with Crippen molar-refractivity contribution >= 4 is 40.4 Å². The van der Waals surface area contributed by atoms with Crippen molar-refractivity contribution in [1.29, 1.82) is 0 Å². The van der Waals surface area contributed by atoms with E-state index in [9.17, 15) is 19.2 Å². The highest BCUT2D eigenvalue weighted by Crippen LogP contribution is 2.26. The molecule has 3 aliphatic rings. The van der Waals surface area contributed by atoms with E-state index >= 15 is 0 Å². The molecule has 1 aromatic heterocycles. The van der Waals surface area contributed by atoms with Gasteiger partial charge in [0.1, 0.15) is 10.6 Å². The zero-order chi connectivity index (χ0) is 21.8. The van der Waals surface area contributed by atoms with Crippen molar-refractivity contribution in [1.82, 2.24) is 20.1 Å². The van der Waals surface area contributed by atoms with Gasteiger partial charge in [-0.05, 0) is 38.8 Å². The first-order valence-electron chi connectivity index (χ1n) is 10.9. The van der Waals surface area contributed by atoms with E-state index in [1.54, 1.807) is 4.90 Å². The largest absolute Gasteiger partial charge is 0.350 e. The second kappa shape index (κ2) is 9.78. The Morgan fingerprint density at radius 2 is 1.90 bits per heavy atom. The maximum Gasteiger partial charge on any atom is 0.280 e. The van der Waals surface area contributed by atoms with Gasteiger partial charge in [-0.2, -0.15) is 0 Å². The van der Waals surface area contributed by atoms with Gasteiger partial charge in [-0.25, -0.2) is 4.98 Å². The molecule has 10 heteroatoms. The molecule has 31 heavy (non-hydrogen) atoms. The molecule has 0 unspecified atom stereocenters. The molecule has 0 aromatic carbocycles. The molecule has 3 heterocycles. The van der Waals surface area contributed by atoms with Crippen molar-refractivity contribution in [2.75, 3.05) is 45.8 Å². The normalized spacial score (nSPS) is 20.7. The molecule has 1 aliphatic carbocycles. The molecule has 166 valence electrons. The molecule has 2 amide bonds. The highest BCUT2D eigenvalue weighted by Gasteiger charge is 2.34. The number of rotatable bonds is 8. The van der Waals surface area contributed by atoms with Crippen molar-refractivity contribution in [2.45, 2.75) is 38.5 Å². The summed E-state index contributed by atoms with van der Waals surface area (Å²) in [4.78, 5) is 62.2. The van der Waals surface area contributed by atoms with Crippen LogP contribution in [0.4, 0.5) is 0 Å². The van der Waals surface area contributed by atoms with Gasteiger partial charge >= 0.3 is 0 Å². The Hall–Kier alpha value is -2.46. The van der Waals surface area contributed by atoms with Crippen molar-refractivity contribution in [3.63, 3.8) is 0 Å². The number of carbonyl (C=O) groups excluding carboxylic acids is 4. The van der Waals surface area contributed by atoms with Crippen LogP contribution in [0.3, 0.4) is 0 Å². The van der Waals surface area contributed by atoms with Crippen LogP contribution >= 0.6 is 11.3 Å². The minimum absolute atomic E-state index is 0.0288. The predicted molar refractivity (Wildman–Crippen MR) is 116 cm³/mol. The van der Waals surface area contributed by atoms with E-state index in [2.05, 4.69) is 20.2 Å². The van der Waals surface area contributed by atoms with Crippen LogP contribution in [-0.2, 0) is 4.79 Å². The van der Waals surface area contributed by atoms with Crippen LogP contribution in [0, 0.1) is 0 Å². The summed E-state index contributed by atoms with van der Waals surface area (Å²) in [6.45, 7) is 5.17. The first kappa shape index (κ1) is 21.8. The second-order valence-corrected chi connectivity index (χ2v) is 9.10. The molecule has 1 N–H and O–H groups in total. The SMILES string of the molecule is O=C(NCCCN1CCCC1=O)c1nc2c(s1)C(=O)CC(=NCCN1CCCC1)C2=O. The van der Waals surface area contributed by atoms with Crippen LogP contribution in [0.25, 0.3) is 0 Å². The van der Waals surface area contributed by atoms with Gasteiger partial charge in [-0.3, -0.25) is 24.2 Å². The molecule has 4 rings (SSSR count). The topological polar surface area (TPSA) is 112 Å². The molecule has 2 saturated heterocycles. The molecule has 2 aliphatic heterocycles. The third-order valence-electron chi connectivity index (χ3n) is 5.86. The summed E-state index contributed by atoms with van der Waals surface area (Å²) < 4.78 is 0. The molecular weight excluding hydrogens is 418 g/mol. The van der Waals surface area contributed by atoms with E-state index in [0.717, 1.165) is 43.9 Å². The lowest BCUT2D eigenvalue weighted by atomic mass is 9.98. The number of ketones is 2. The van der Waals surface area contributed by atoms with Crippen LogP contribution in [0.2, 0.25) is 0 Å². The van der Waals surface area contributed by atoms with Crippen LogP contribution in [-0.4, -0.2) is 89.7 Å². The van der Waals surface area contributed by atoms with Gasteiger partial charge in [-0.1, -0.05) is 0 Å². The van der Waals surface area contributed by atoms with Gasteiger partial charge in [0.25, 0.3) is 5.91 Å². The maximum absolute atomic E-state index is 12.7. The van der Waals surface area contributed by atoms with Crippen molar-refractivity contribution < 1.29 is 19.2 Å². The van der Waals surface area contributed by atoms with Gasteiger partial charge < -0.3 is 15.1 Å². The summed E-state index contributed by atoms with van der Waals surface area (Å²) in [5.74, 6) is -0.799. The molecule has 0 radical (unpaired) electrons. The minimum Gasteiger partial charge on any atom is -0.350 e. The number of carbonyl (C=O) groups is 4. The quantitative estimate of drug-likeness (QED) is 0.602. The van der Waals surface area contributed by atoms with Crippen LogP contribution in [0.5, 0.6) is 0 Å². The lowest BCUT2D eigenvalue weighted by Crippen LogP contribution is -2.30. The van der Waals surface area contributed by atoms with Gasteiger partial charge in [-0.15, -0.1) is 11.3 Å². The fourth-order valence-electron chi connectivity index (χ4n) is 4.16. The number of likely N-dealkylation sites (tertiary alicyclic amines) is 2. The van der Waals surface area contributed by atoms with Crippen molar-refractivity contribution in [3.8, 4) is 0 Å². The van der Waals surface area contributed by atoms with Crippen LogP contribution < -0.4 is 5.32 Å². The number of hydrogen-bond acceptors (Lipinski definition) is 8. The molecule has 0 atom stereocenters. The highest BCUT2D eigenvalue weighted by atomic mass is 32.1. The standard InChI is InChI=1S/C21H27N5O4S/c27-15-13-14(22-7-12-25-8-1-2-9-25)18(29)17-19(15)31-21(24-17)20(30)23-6-4-11-26-10-3-5-16(26)28/h1-13H2,(H,23,30). The van der Waals surface area contributed by atoms with Crippen molar-refractivity contribution in [3.05, 3.63) is 15.6 Å². The fourth-order valence-corrected chi connectivity index (χ4v) is 5.07. The fraction of sp³-hybridized carbons (Fsp3) is 0.619. The Balaban J connectivity index is 1.32. The molecule has 0 bridgehead atoms. The predicted octanol–water partition coefficient (Wildman–Crippen LogP) is 1.19. The molecule has 0 spiro atoms. The molecular formula is C21H27N5O4S. The van der Waals surface area contributed by atoms with Gasteiger partial charge in [0.2, 0.25) is 11.7 Å². The molecule has 9 nitrogen and oxygen atoms in total. The van der Waals surface area contributed by atoms with Gasteiger partial charge in [0.15, 0.2) is 10.8 Å². The van der Waals surface area contributed by atoms with E-state index in [1.807, 2.05) is 0 Å². The Kier molecular flexibility index (Phi) is 6.86. The summed E-state index contributed by atoms with van der Waals surface area (Å²) in [5.41, 5.74) is 0.290. The smallest absolute Gasteiger partial charge is 0.280 e. The third-order valence-corrected chi connectivity index (χ3v) is 6.95. The Bertz CT molecular complexity index is 919. The van der Waals surface area contributed by atoms with Gasteiger partial charge in [0.05, 0.1) is 18.7 Å². The number of hydrogen-bond donors (Lipinski definition) is 1. The number of Topliss-reactive ketones (excluding diaryl/α,β-unsaturated/α-hetero) is 2. The summed E-state index contributed by atoms with van der Waals surface area (Å²) in [7, 11) is 0. The average Bonchev–Trinajstić information content (AvgIpc) is 3.50. The maximum atomic E-state index is 12.7. The molecule has 1 aromatic rings. The van der Waals surface area contributed by atoms with E-state index in [1.165, 1.54) is 12.8 Å². The van der Waals surface area contributed by atoms with Gasteiger partial charge in [0, 0.05) is 32.6 Å². The second-order valence-electron chi connectivity index (χ2n) is 8.10. The van der Waals surface area contributed by atoms with E-state index in [-0.39, 0.29) is 45.2 Å². The molecule has 2 fully saturated rings. The Morgan fingerprint density at radius 3 is 2.65 bits per heavy atom. The number of aliphatic imine (C=N–C) groups is 1. The molecule has 0 saturated carbocycles. The van der Waals surface area contributed by atoms with Crippen LogP contribution in [0.15, 0.2) is 4.99 Å². The highest BCUT2D eigenvalue weighted by molar-refractivity contribution is 7.16. The number of thiazole rings is 1. The Morgan fingerprint density at radius 1 is 1.10 bits per heavy atom. The number of nitrogens with zero attached hydrogens (tertiary/aromatic N) is 4. The number of aromatic nitrogens is 1. The average molecular weight is 446 g/mol. The zero-order valence-electron chi connectivity index (χ0n) is 17.5. The number of amides is 2. The third kappa shape index (κ3) is 5.07. The monoisotopic (exact) mass is 445 g/mol. The lowest BCUT2D eigenvalue weighted by molar-refractivity contribution is -0.127. The zero-order valence-corrected chi connectivity index (χ0v) is 18.3. The summed E-state index contributed by atoms with van der Waals surface area (Å²) in [5, 5.41) is 2.88. The lowest BCUT2D eigenvalue weighted by Gasteiger charge is -2.14. The van der Waals surface area contributed by atoms with E-state index in [0.29, 0.717) is 32.5 Å². The van der Waals surface area contributed by atoms with Crippen molar-refractivity contribution in [2.24, 2.45) is 4.99 Å². The van der Waals surface area contributed by atoms with E-state index < -0.39 is 5.91 Å². The van der Waals surface area contributed by atoms with Crippen LogP contribution in [0.1, 0.15) is 68.5 Å². The Labute approximate surface area is 184 Å². The summed E-state index contributed by atoms with van der Waals surface area (Å²) in [6.07, 6.45) is 4.49. The minimum atomic E-state index is -0.403. The first-order valence-corrected chi connectivity index (χ1v) is 11.7. The van der Waals surface area contributed by atoms with E-state index in [4.69, 9.17) is 0 Å². The summed E-state index contributed by atoms with van der Waals surface area (Å²) >= 11 is 0.964. The number of nitrogens with one attached hydrogen (secondary N) is 1. The number of fused-ring (bicyclic) bond motifs is 1.